The van der Waals surface area contributed by atoms with Crippen molar-refractivity contribution in [2.45, 2.75) is 26.8 Å². The van der Waals surface area contributed by atoms with Gasteiger partial charge in [-0.15, -0.1) is 0 Å². The molecule has 1 N–H and O–H groups in total. The van der Waals surface area contributed by atoms with Gasteiger partial charge in [0.25, 0.3) is 0 Å². The summed E-state index contributed by atoms with van der Waals surface area (Å²) in [7, 11) is 3.81. The second-order valence-electron chi connectivity index (χ2n) is 4.99. The zero-order chi connectivity index (χ0) is 14.9. The second-order valence-corrected chi connectivity index (χ2v) is 4.99. The van der Waals surface area contributed by atoms with Crippen LogP contribution in [0.2, 0.25) is 0 Å². The Hall–Kier alpha value is -2.01. The van der Waals surface area contributed by atoms with Crippen LogP contribution in [0.4, 0.5) is 0 Å². The normalized spacial score (nSPS) is 11.2. The van der Waals surface area contributed by atoms with Crippen molar-refractivity contribution in [2.75, 3.05) is 14.1 Å². The molecule has 0 atom stereocenters. The molecule has 20 heavy (non-hydrogen) atoms. The van der Waals surface area contributed by atoms with Crippen molar-refractivity contribution in [3.05, 3.63) is 23.5 Å². The molecule has 5 nitrogen and oxygen atoms in total. The van der Waals surface area contributed by atoms with E-state index in [2.05, 4.69) is 0 Å². The summed E-state index contributed by atoms with van der Waals surface area (Å²) in [6.07, 6.45) is 0.286. The van der Waals surface area contributed by atoms with Gasteiger partial charge in [0.05, 0.1) is 5.39 Å². The van der Waals surface area contributed by atoms with Gasteiger partial charge in [0.15, 0.2) is 5.75 Å². The van der Waals surface area contributed by atoms with Gasteiger partial charge in [0.1, 0.15) is 17.1 Å². The fraction of sp³-hybridized carbons (Fsp3) is 0.400. The Balaban J connectivity index is 2.64. The Labute approximate surface area is 117 Å². The minimum atomic E-state index is -0.324. The Morgan fingerprint density at radius 2 is 2.10 bits per heavy atom. The maximum atomic E-state index is 11.6. The van der Waals surface area contributed by atoms with E-state index in [1.165, 1.54) is 0 Å². The first-order chi connectivity index (χ1) is 9.43. The molecular weight excluding hydrogens is 258 g/mol. The molecule has 0 amide bonds. The first-order valence-corrected chi connectivity index (χ1v) is 6.53. The Morgan fingerprint density at radius 1 is 1.40 bits per heavy atom. The molecule has 0 saturated carbocycles. The number of ether oxygens (including phenoxy) is 1. The highest BCUT2D eigenvalue weighted by molar-refractivity contribution is 5.92. The third-order valence-electron chi connectivity index (χ3n) is 3.04. The van der Waals surface area contributed by atoms with Gasteiger partial charge in [-0.05, 0) is 33.2 Å². The molecule has 0 aliphatic rings. The average Bonchev–Trinajstić information content (AvgIpc) is 2.69. The van der Waals surface area contributed by atoms with E-state index in [1.807, 2.05) is 19.0 Å². The van der Waals surface area contributed by atoms with Crippen LogP contribution in [0.3, 0.4) is 0 Å². The lowest BCUT2D eigenvalue weighted by atomic mass is 10.1. The summed E-state index contributed by atoms with van der Waals surface area (Å²) in [5.74, 6) is 0.780. The van der Waals surface area contributed by atoms with Crippen LogP contribution in [0.1, 0.15) is 24.7 Å². The van der Waals surface area contributed by atoms with Gasteiger partial charge in [-0.3, -0.25) is 4.79 Å². The molecule has 0 saturated heterocycles. The Bertz CT molecular complexity index is 643. The molecule has 0 aliphatic heterocycles. The van der Waals surface area contributed by atoms with E-state index < -0.39 is 0 Å². The molecule has 0 bridgehead atoms. The van der Waals surface area contributed by atoms with Crippen molar-refractivity contribution < 1.29 is 19.1 Å². The van der Waals surface area contributed by atoms with Gasteiger partial charge >= 0.3 is 5.97 Å². The van der Waals surface area contributed by atoms with Crippen molar-refractivity contribution in [3.63, 3.8) is 0 Å². The monoisotopic (exact) mass is 277 g/mol. The fourth-order valence-electron chi connectivity index (χ4n) is 2.12. The first kappa shape index (κ1) is 14.4. The van der Waals surface area contributed by atoms with Crippen LogP contribution in [0.25, 0.3) is 11.0 Å². The number of aryl methyl sites for hydroxylation is 1. The summed E-state index contributed by atoms with van der Waals surface area (Å²) >= 11 is 0. The number of furan rings is 1. The molecule has 2 rings (SSSR count). The fourth-order valence-corrected chi connectivity index (χ4v) is 2.12. The predicted molar refractivity (Wildman–Crippen MR) is 75.9 cm³/mol. The SMILES string of the molecule is CCC(=O)Oc1c(C)oc2ccc(O)c(CN(C)C)c12. The zero-order valence-corrected chi connectivity index (χ0v) is 12.2. The number of rotatable bonds is 4. The number of hydrogen-bond acceptors (Lipinski definition) is 5. The van der Waals surface area contributed by atoms with Crippen molar-refractivity contribution in [2.24, 2.45) is 0 Å². The molecule has 108 valence electrons. The molecule has 1 heterocycles. The number of phenolic OH excluding ortho intramolecular Hbond substituents is 1. The minimum Gasteiger partial charge on any atom is -0.508 e. The highest BCUT2D eigenvalue weighted by atomic mass is 16.5. The molecule has 0 unspecified atom stereocenters. The van der Waals surface area contributed by atoms with Crippen LogP contribution in [0.15, 0.2) is 16.5 Å². The summed E-state index contributed by atoms with van der Waals surface area (Å²) in [6.45, 7) is 4.01. The lowest BCUT2D eigenvalue weighted by Gasteiger charge is -2.13. The molecule has 0 aliphatic carbocycles. The number of benzene rings is 1. The highest BCUT2D eigenvalue weighted by Gasteiger charge is 2.20. The lowest BCUT2D eigenvalue weighted by molar-refractivity contribution is -0.134. The largest absolute Gasteiger partial charge is 0.508 e. The van der Waals surface area contributed by atoms with E-state index in [1.54, 1.807) is 26.0 Å². The summed E-state index contributed by atoms with van der Waals surface area (Å²) in [6, 6.07) is 3.27. The third-order valence-corrected chi connectivity index (χ3v) is 3.04. The molecule has 5 heteroatoms. The van der Waals surface area contributed by atoms with E-state index in [-0.39, 0.29) is 18.1 Å². The smallest absolute Gasteiger partial charge is 0.311 e. The number of carbonyl (C=O) groups is 1. The first-order valence-electron chi connectivity index (χ1n) is 6.53. The number of fused-ring (bicyclic) bond motifs is 1. The second kappa shape index (κ2) is 5.54. The van der Waals surface area contributed by atoms with E-state index in [0.29, 0.717) is 34.6 Å². The number of nitrogens with zero attached hydrogens (tertiary/aromatic N) is 1. The topological polar surface area (TPSA) is 62.9 Å². The number of carbonyl (C=O) groups excluding carboxylic acids is 1. The summed E-state index contributed by atoms with van der Waals surface area (Å²) in [4.78, 5) is 13.5. The van der Waals surface area contributed by atoms with E-state index in [4.69, 9.17) is 9.15 Å². The lowest BCUT2D eigenvalue weighted by Crippen LogP contribution is -2.12. The molecule has 0 radical (unpaired) electrons. The summed E-state index contributed by atoms with van der Waals surface area (Å²) in [5.41, 5.74) is 1.30. The molecule has 0 spiro atoms. The third kappa shape index (κ3) is 2.63. The van der Waals surface area contributed by atoms with Gasteiger partial charge in [-0.2, -0.15) is 0 Å². The number of hydrogen-bond donors (Lipinski definition) is 1. The maximum absolute atomic E-state index is 11.6. The summed E-state index contributed by atoms with van der Waals surface area (Å²) < 4.78 is 11.0. The molecule has 2 aromatic rings. The van der Waals surface area contributed by atoms with Crippen molar-refractivity contribution in [1.29, 1.82) is 0 Å². The van der Waals surface area contributed by atoms with E-state index in [0.717, 1.165) is 0 Å². The number of esters is 1. The summed E-state index contributed by atoms with van der Waals surface area (Å²) in [5, 5.41) is 10.7. The maximum Gasteiger partial charge on any atom is 0.311 e. The Kier molecular flexibility index (Phi) is 3.99. The van der Waals surface area contributed by atoms with Gasteiger partial charge in [-0.25, -0.2) is 0 Å². The van der Waals surface area contributed by atoms with Crippen molar-refractivity contribution in [1.82, 2.24) is 4.90 Å². The average molecular weight is 277 g/mol. The van der Waals surface area contributed by atoms with Gasteiger partial charge < -0.3 is 19.2 Å². The van der Waals surface area contributed by atoms with Crippen LogP contribution < -0.4 is 4.74 Å². The van der Waals surface area contributed by atoms with Gasteiger partial charge in [0.2, 0.25) is 0 Å². The van der Waals surface area contributed by atoms with Crippen molar-refractivity contribution >= 4 is 16.9 Å². The van der Waals surface area contributed by atoms with Crippen molar-refractivity contribution in [3.8, 4) is 11.5 Å². The molecule has 1 aromatic carbocycles. The standard InChI is InChI=1S/C15H19NO4/c1-5-13(18)20-15-9(2)19-12-7-6-11(17)10(14(12)15)8-16(3)4/h6-7,17H,5,8H2,1-4H3. The minimum absolute atomic E-state index is 0.167. The highest BCUT2D eigenvalue weighted by Crippen LogP contribution is 2.39. The van der Waals surface area contributed by atoms with E-state index in [9.17, 15) is 9.90 Å². The molecular formula is C15H19NO4. The zero-order valence-electron chi connectivity index (χ0n) is 12.2. The van der Waals surface area contributed by atoms with Gasteiger partial charge in [0, 0.05) is 18.5 Å². The quantitative estimate of drug-likeness (QED) is 0.871. The Morgan fingerprint density at radius 3 is 2.70 bits per heavy atom. The van der Waals surface area contributed by atoms with Crippen LogP contribution in [0.5, 0.6) is 11.5 Å². The van der Waals surface area contributed by atoms with Gasteiger partial charge in [-0.1, -0.05) is 6.92 Å². The van der Waals surface area contributed by atoms with Crippen LogP contribution in [0, 0.1) is 6.92 Å². The predicted octanol–water partition coefficient (Wildman–Crippen LogP) is 2.82. The number of phenols is 1. The van der Waals surface area contributed by atoms with Crippen LogP contribution in [-0.4, -0.2) is 30.1 Å². The van der Waals surface area contributed by atoms with Crippen LogP contribution in [-0.2, 0) is 11.3 Å². The van der Waals surface area contributed by atoms with Crippen LogP contribution >= 0.6 is 0 Å². The molecule has 1 aromatic heterocycles. The van der Waals surface area contributed by atoms with E-state index >= 15 is 0 Å². The molecule has 0 fully saturated rings. The number of aromatic hydroxyl groups is 1.